The van der Waals surface area contributed by atoms with E-state index in [9.17, 15) is 0 Å². The van der Waals surface area contributed by atoms with Crippen LogP contribution in [0.2, 0.25) is 0 Å². The van der Waals surface area contributed by atoms with Gasteiger partial charge < -0.3 is 9.47 Å². The maximum atomic E-state index is 6.39. The predicted molar refractivity (Wildman–Crippen MR) is 192 cm³/mol. The molecular formula is C41H28N3O2P. The monoisotopic (exact) mass is 625 g/mol. The van der Waals surface area contributed by atoms with Gasteiger partial charge in [0.1, 0.15) is 11.6 Å². The Hall–Kier alpha value is -5.90. The van der Waals surface area contributed by atoms with E-state index < -0.39 is 7.92 Å². The van der Waals surface area contributed by atoms with Crippen molar-refractivity contribution in [1.82, 2.24) is 4.98 Å². The minimum Gasteiger partial charge on any atom is -0.453 e. The summed E-state index contributed by atoms with van der Waals surface area (Å²) in [5.41, 5.74) is 3.75. The van der Waals surface area contributed by atoms with Gasteiger partial charge in [0.25, 0.3) is 0 Å². The molecule has 0 saturated heterocycles. The third kappa shape index (κ3) is 4.80. The molecule has 2 aliphatic rings. The molecule has 0 amide bonds. The van der Waals surface area contributed by atoms with Gasteiger partial charge in [-0.2, -0.15) is 0 Å². The zero-order valence-corrected chi connectivity index (χ0v) is 26.2. The smallest absolute Gasteiger partial charge is 0.151 e. The van der Waals surface area contributed by atoms with Crippen LogP contribution in [0.4, 0.5) is 34.4 Å². The van der Waals surface area contributed by atoms with E-state index in [-0.39, 0.29) is 0 Å². The van der Waals surface area contributed by atoms with Crippen LogP contribution in [0, 0.1) is 0 Å². The molecule has 1 aromatic heterocycles. The fourth-order valence-electron chi connectivity index (χ4n) is 6.35. The quantitative estimate of drug-likeness (QED) is 0.178. The highest BCUT2D eigenvalue weighted by Crippen LogP contribution is 2.53. The van der Waals surface area contributed by atoms with Gasteiger partial charge in [-0.05, 0) is 84.5 Å². The lowest BCUT2D eigenvalue weighted by atomic mass is 10.1. The van der Waals surface area contributed by atoms with Crippen molar-refractivity contribution in [3.05, 3.63) is 170 Å². The van der Waals surface area contributed by atoms with Crippen LogP contribution < -0.4 is 35.2 Å². The number of hydrogen-bond donors (Lipinski definition) is 0. The zero-order chi connectivity index (χ0) is 31.2. The Kier molecular flexibility index (Phi) is 6.69. The lowest BCUT2D eigenvalue weighted by molar-refractivity contribution is 0.476. The summed E-state index contributed by atoms with van der Waals surface area (Å²) in [6.45, 7) is 0. The molecule has 5 nitrogen and oxygen atoms in total. The number of rotatable bonds is 5. The summed E-state index contributed by atoms with van der Waals surface area (Å²) in [4.78, 5) is 9.95. The van der Waals surface area contributed by atoms with Gasteiger partial charge in [-0.1, -0.05) is 109 Å². The van der Waals surface area contributed by atoms with Gasteiger partial charge in [-0.15, -0.1) is 0 Å². The highest BCUT2D eigenvalue weighted by atomic mass is 31.1. The van der Waals surface area contributed by atoms with Gasteiger partial charge in [-0.25, -0.2) is 4.98 Å². The molecule has 47 heavy (non-hydrogen) atoms. The van der Waals surface area contributed by atoms with E-state index in [0.717, 1.165) is 57.4 Å². The first-order valence-corrected chi connectivity index (χ1v) is 16.9. The van der Waals surface area contributed by atoms with Crippen molar-refractivity contribution in [3.8, 4) is 23.0 Å². The molecule has 0 aliphatic carbocycles. The van der Waals surface area contributed by atoms with Crippen LogP contribution in [0.25, 0.3) is 0 Å². The number of pyridine rings is 1. The van der Waals surface area contributed by atoms with Gasteiger partial charge >= 0.3 is 0 Å². The number of benzene rings is 6. The average molecular weight is 626 g/mol. The van der Waals surface area contributed by atoms with Crippen molar-refractivity contribution in [2.24, 2.45) is 0 Å². The molecular weight excluding hydrogens is 597 g/mol. The molecule has 0 unspecified atom stereocenters. The number of hydrogen-bond acceptors (Lipinski definition) is 5. The Morgan fingerprint density at radius 1 is 0.362 bits per heavy atom. The van der Waals surface area contributed by atoms with Crippen molar-refractivity contribution < 1.29 is 9.47 Å². The number of aromatic nitrogens is 1. The van der Waals surface area contributed by atoms with Crippen molar-refractivity contribution in [2.45, 2.75) is 0 Å². The second-order valence-corrected chi connectivity index (χ2v) is 13.5. The normalized spacial score (nSPS) is 12.7. The topological polar surface area (TPSA) is 37.8 Å². The molecule has 6 aromatic carbocycles. The van der Waals surface area contributed by atoms with Crippen LogP contribution in [0.5, 0.6) is 23.0 Å². The largest absolute Gasteiger partial charge is 0.453 e. The Bertz CT molecular complexity index is 2000. The van der Waals surface area contributed by atoms with E-state index >= 15 is 0 Å². The molecule has 9 rings (SSSR count). The molecule has 0 saturated carbocycles. The van der Waals surface area contributed by atoms with Crippen LogP contribution >= 0.6 is 7.92 Å². The fraction of sp³-hybridized carbons (Fsp3) is 0. The van der Waals surface area contributed by atoms with Gasteiger partial charge in [0.15, 0.2) is 23.0 Å². The van der Waals surface area contributed by atoms with Crippen LogP contribution in [-0.4, -0.2) is 4.98 Å². The van der Waals surface area contributed by atoms with Crippen LogP contribution in [0.1, 0.15) is 0 Å². The van der Waals surface area contributed by atoms with E-state index in [2.05, 4.69) is 107 Å². The van der Waals surface area contributed by atoms with E-state index in [1.54, 1.807) is 0 Å². The summed E-state index contributed by atoms with van der Waals surface area (Å²) >= 11 is 0. The predicted octanol–water partition coefficient (Wildman–Crippen LogP) is 9.99. The second-order valence-electron chi connectivity index (χ2n) is 11.3. The zero-order valence-electron chi connectivity index (χ0n) is 25.3. The molecule has 0 radical (unpaired) electrons. The maximum Gasteiger partial charge on any atom is 0.151 e. The Morgan fingerprint density at radius 3 is 1.04 bits per heavy atom. The molecule has 0 atom stereocenters. The van der Waals surface area contributed by atoms with E-state index in [0.29, 0.717) is 0 Å². The first kappa shape index (κ1) is 27.4. The van der Waals surface area contributed by atoms with Crippen LogP contribution in [-0.2, 0) is 0 Å². The van der Waals surface area contributed by atoms with Gasteiger partial charge in [0, 0.05) is 0 Å². The lowest BCUT2D eigenvalue weighted by Crippen LogP contribution is -2.25. The van der Waals surface area contributed by atoms with Gasteiger partial charge in [0.05, 0.1) is 22.7 Å². The van der Waals surface area contributed by atoms with Gasteiger partial charge in [-0.3, -0.25) is 9.80 Å². The molecule has 7 aromatic rings. The summed E-state index contributed by atoms with van der Waals surface area (Å²) in [5, 5.41) is 3.71. The number of nitrogens with zero attached hydrogens (tertiary/aromatic N) is 3. The fourth-order valence-corrected chi connectivity index (χ4v) is 8.67. The molecule has 3 heterocycles. The Labute approximate surface area is 274 Å². The standard InChI is InChI=1S/C41H28N3O2P/c1-3-15-29(16-4-1)47(30-17-5-2-6-18-30)31-27-40(43-32-19-7-11-23-36(32)45-37-24-12-8-20-33(37)43)42-41(28-31)44-34-21-9-13-25-38(34)46-39-26-14-10-22-35(39)44/h1-28H. The number of fused-ring (bicyclic) bond motifs is 4. The van der Waals surface area contributed by atoms with Crippen LogP contribution in [0.15, 0.2) is 170 Å². The van der Waals surface area contributed by atoms with E-state index in [4.69, 9.17) is 14.5 Å². The average Bonchev–Trinajstić information content (AvgIpc) is 3.13. The van der Waals surface area contributed by atoms with E-state index in [1.165, 1.54) is 15.9 Å². The third-order valence-electron chi connectivity index (χ3n) is 8.39. The SMILES string of the molecule is c1ccc(P(c2ccccc2)c2cc(N3c4ccccc4Oc4ccccc43)nc(N3c4ccccc4Oc4ccccc43)c2)cc1. The summed E-state index contributed by atoms with van der Waals surface area (Å²) in [5.74, 6) is 4.76. The molecule has 0 fully saturated rings. The van der Waals surface area contributed by atoms with Crippen LogP contribution in [0.3, 0.4) is 0 Å². The minimum atomic E-state index is -0.945. The summed E-state index contributed by atoms with van der Waals surface area (Å²) in [7, 11) is -0.945. The molecule has 0 N–H and O–H groups in total. The Balaban J connectivity index is 1.34. The maximum absolute atomic E-state index is 6.39. The molecule has 2 aliphatic heterocycles. The number of para-hydroxylation sites is 8. The molecule has 6 heteroatoms. The Morgan fingerprint density at radius 2 is 0.681 bits per heavy atom. The molecule has 0 bridgehead atoms. The summed E-state index contributed by atoms with van der Waals surface area (Å²) in [6.07, 6.45) is 0. The first-order chi connectivity index (χ1) is 23.3. The highest BCUT2D eigenvalue weighted by Gasteiger charge is 2.31. The number of ether oxygens (including phenoxy) is 2. The van der Waals surface area contributed by atoms with Crippen molar-refractivity contribution in [2.75, 3.05) is 9.80 Å². The lowest BCUT2D eigenvalue weighted by Gasteiger charge is -2.35. The molecule has 224 valence electrons. The first-order valence-electron chi connectivity index (χ1n) is 15.6. The third-order valence-corrected chi connectivity index (χ3v) is 10.8. The van der Waals surface area contributed by atoms with Crippen molar-refractivity contribution in [3.63, 3.8) is 0 Å². The summed E-state index contributed by atoms with van der Waals surface area (Å²) < 4.78 is 12.8. The summed E-state index contributed by atoms with van der Waals surface area (Å²) in [6, 6.07) is 58.7. The van der Waals surface area contributed by atoms with E-state index in [1.807, 2.05) is 72.8 Å². The number of anilines is 6. The van der Waals surface area contributed by atoms with Crippen molar-refractivity contribution in [1.29, 1.82) is 0 Å². The minimum absolute atomic E-state index is 0.787. The highest BCUT2D eigenvalue weighted by molar-refractivity contribution is 7.79. The van der Waals surface area contributed by atoms with Gasteiger partial charge in [0.2, 0.25) is 0 Å². The van der Waals surface area contributed by atoms with Crippen molar-refractivity contribution >= 4 is 58.2 Å². The molecule has 0 spiro atoms. The second kappa shape index (κ2) is 11.5.